The van der Waals surface area contributed by atoms with Gasteiger partial charge in [0.05, 0.1) is 6.10 Å². The van der Waals surface area contributed by atoms with Gasteiger partial charge in [-0.1, -0.05) is 17.7 Å². The van der Waals surface area contributed by atoms with Crippen molar-refractivity contribution in [2.24, 2.45) is 0 Å². The maximum atomic E-state index is 12.3. The fraction of sp³-hybridized carbons (Fsp3) is 0.533. The van der Waals surface area contributed by atoms with Crippen molar-refractivity contribution in [1.82, 2.24) is 4.90 Å². The van der Waals surface area contributed by atoms with Crippen molar-refractivity contribution >= 4 is 17.5 Å². The number of carbonyl (C=O) groups is 1. The third-order valence-electron chi connectivity index (χ3n) is 4.15. The topological polar surface area (TPSA) is 49.8 Å². The molecule has 2 aliphatic heterocycles. The standard InChI is InChI=1S/C15H18ClNO3/c16-10-2-1-3-14(6-10)20-9-15(19)17-11-4-5-12(17)8-13(18)7-11/h1-3,6,11-13,18H,4-5,7-9H2. The number of hydrogen-bond acceptors (Lipinski definition) is 3. The first-order valence-electron chi connectivity index (χ1n) is 7.01. The quantitative estimate of drug-likeness (QED) is 0.930. The lowest BCUT2D eigenvalue weighted by molar-refractivity contribution is -0.139. The summed E-state index contributed by atoms with van der Waals surface area (Å²) in [6.07, 6.45) is 3.11. The van der Waals surface area contributed by atoms with Gasteiger partial charge in [-0.15, -0.1) is 0 Å². The molecule has 0 radical (unpaired) electrons. The second-order valence-electron chi connectivity index (χ2n) is 5.56. The number of fused-ring (bicyclic) bond motifs is 2. The van der Waals surface area contributed by atoms with Crippen LogP contribution in [0.25, 0.3) is 0 Å². The first-order valence-corrected chi connectivity index (χ1v) is 7.39. The molecular formula is C15H18ClNO3. The van der Waals surface area contributed by atoms with Crippen molar-refractivity contribution in [2.75, 3.05) is 6.61 Å². The van der Waals surface area contributed by atoms with Gasteiger partial charge in [-0.25, -0.2) is 0 Å². The van der Waals surface area contributed by atoms with Crippen molar-refractivity contribution in [3.8, 4) is 5.75 Å². The Balaban J connectivity index is 1.60. The molecule has 2 fully saturated rings. The van der Waals surface area contributed by atoms with Crippen LogP contribution in [0.5, 0.6) is 5.75 Å². The second-order valence-corrected chi connectivity index (χ2v) is 5.99. The Kier molecular flexibility index (Phi) is 3.85. The highest BCUT2D eigenvalue weighted by Crippen LogP contribution is 2.35. The molecule has 108 valence electrons. The van der Waals surface area contributed by atoms with Crippen molar-refractivity contribution in [1.29, 1.82) is 0 Å². The van der Waals surface area contributed by atoms with E-state index in [0.717, 1.165) is 12.8 Å². The average molecular weight is 296 g/mol. The van der Waals surface area contributed by atoms with Crippen LogP contribution < -0.4 is 4.74 Å². The van der Waals surface area contributed by atoms with Gasteiger partial charge in [-0.05, 0) is 43.9 Å². The summed E-state index contributed by atoms with van der Waals surface area (Å²) in [5.41, 5.74) is 0. The summed E-state index contributed by atoms with van der Waals surface area (Å²) < 4.78 is 5.51. The minimum Gasteiger partial charge on any atom is -0.484 e. The molecule has 1 amide bonds. The van der Waals surface area contributed by atoms with E-state index in [1.807, 2.05) is 4.90 Å². The highest BCUT2D eigenvalue weighted by molar-refractivity contribution is 6.30. The smallest absolute Gasteiger partial charge is 0.261 e. The van der Waals surface area contributed by atoms with Crippen molar-refractivity contribution in [3.63, 3.8) is 0 Å². The van der Waals surface area contributed by atoms with E-state index in [4.69, 9.17) is 16.3 Å². The molecule has 5 heteroatoms. The van der Waals surface area contributed by atoms with Crippen molar-refractivity contribution in [3.05, 3.63) is 29.3 Å². The molecule has 2 unspecified atom stereocenters. The van der Waals surface area contributed by atoms with E-state index in [1.54, 1.807) is 24.3 Å². The number of benzene rings is 1. The SMILES string of the molecule is O=C(COc1cccc(Cl)c1)N1C2CCC1CC(O)C2. The zero-order chi connectivity index (χ0) is 14.1. The Morgan fingerprint density at radius 2 is 2.05 bits per heavy atom. The summed E-state index contributed by atoms with van der Waals surface area (Å²) >= 11 is 5.88. The number of halogens is 1. The first-order chi connectivity index (χ1) is 9.63. The summed E-state index contributed by atoms with van der Waals surface area (Å²) in [5.74, 6) is 0.611. The predicted octanol–water partition coefficient (Wildman–Crippen LogP) is 2.23. The Labute approximate surface area is 123 Å². The highest BCUT2D eigenvalue weighted by atomic mass is 35.5. The minimum atomic E-state index is -0.259. The molecule has 0 spiro atoms. The Hall–Kier alpha value is -1.26. The van der Waals surface area contributed by atoms with Crippen LogP contribution >= 0.6 is 11.6 Å². The minimum absolute atomic E-state index is 0.00405. The first kappa shape index (κ1) is 13.7. The highest BCUT2D eigenvalue weighted by Gasteiger charge is 2.42. The normalized spacial score (nSPS) is 28.5. The largest absolute Gasteiger partial charge is 0.484 e. The molecule has 2 atom stereocenters. The maximum absolute atomic E-state index is 12.3. The summed E-state index contributed by atoms with van der Waals surface area (Å²) in [6.45, 7) is 0.0312. The summed E-state index contributed by atoms with van der Waals surface area (Å²) in [6, 6.07) is 7.40. The van der Waals surface area contributed by atoms with Crippen LogP contribution in [0.1, 0.15) is 25.7 Å². The van der Waals surface area contributed by atoms with Crippen LogP contribution in [0, 0.1) is 0 Å². The van der Waals surface area contributed by atoms with Crippen LogP contribution in [-0.4, -0.2) is 40.7 Å². The number of amides is 1. The molecule has 1 aromatic carbocycles. The summed E-state index contributed by atoms with van der Waals surface area (Å²) in [7, 11) is 0. The van der Waals surface area contributed by atoms with E-state index in [1.165, 1.54) is 0 Å². The predicted molar refractivity (Wildman–Crippen MR) is 75.8 cm³/mol. The van der Waals surface area contributed by atoms with Gasteiger partial charge in [0.2, 0.25) is 0 Å². The van der Waals surface area contributed by atoms with E-state index in [9.17, 15) is 9.90 Å². The molecule has 1 N–H and O–H groups in total. The van der Waals surface area contributed by atoms with Crippen LogP contribution in [0.4, 0.5) is 0 Å². The number of piperidine rings is 1. The molecule has 2 aliphatic rings. The molecule has 2 heterocycles. The van der Waals surface area contributed by atoms with Crippen LogP contribution in [-0.2, 0) is 4.79 Å². The Morgan fingerprint density at radius 3 is 2.70 bits per heavy atom. The Morgan fingerprint density at radius 1 is 1.35 bits per heavy atom. The number of aliphatic hydroxyl groups excluding tert-OH is 1. The average Bonchev–Trinajstić information content (AvgIpc) is 2.68. The Bertz CT molecular complexity index is 494. The van der Waals surface area contributed by atoms with E-state index in [0.29, 0.717) is 23.6 Å². The summed E-state index contributed by atoms with van der Waals surface area (Å²) in [5, 5.41) is 10.3. The fourth-order valence-electron chi connectivity index (χ4n) is 3.33. The zero-order valence-corrected chi connectivity index (χ0v) is 11.9. The molecular weight excluding hydrogens is 278 g/mol. The van der Waals surface area contributed by atoms with Gasteiger partial charge < -0.3 is 14.7 Å². The molecule has 0 saturated carbocycles. The fourth-order valence-corrected chi connectivity index (χ4v) is 3.51. The van der Waals surface area contributed by atoms with Gasteiger partial charge in [0.25, 0.3) is 5.91 Å². The number of carbonyl (C=O) groups excluding carboxylic acids is 1. The molecule has 1 aromatic rings. The molecule has 0 aliphatic carbocycles. The van der Waals surface area contributed by atoms with Crippen molar-refractivity contribution < 1.29 is 14.6 Å². The number of nitrogens with zero attached hydrogens (tertiary/aromatic N) is 1. The second kappa shape index (κ2) is 5.62. The molecule has 3 rings (SSSR count). The number of ether oxygens (including phenoxy) is 1. The van der Waals surface area contributed by atoms with Gasteiger partial charge in [-0.3, -0.25) is 4.79 Å². The van der Waals surface area contributed by atoms with Gasteiger partial charge in [-0.2, -0.15) is 0 Å². The van der Waals surface area contributed by atoms with E-state index < -0.39 is 0 Å². The van der Waals surface area contributed by atoms with E-state index >= 15 is 0 Å². The van der Waals surface area contributed by atoms with Gasteiger partial charge in [0.1, 0.15) is 5.75 Å². The zero-order valence-electron chi connectivity index (χ0n) is 11.2. The monoisotopic (exact) mass is 295 g/mol. The van der Waals surface area contributed by atoms with Crippen LogP contribution in [0.3, 0.4) is 0 Å². The van der Waals surface area contributed by atoms with E-state index in [-0.39, 0.29) is 30.7 Å². The molecule has 2 saturated heterocycles. The molecule has 2 bridgehead atoms. The van der Waals surface area contributed by atoms with Crippen LogP contribution in [0.2, 0.25) is 5.02 Å². The third kappa shape index (κ3) is 2.76. The molecule has 0 aromatic heterocycles. The lowest BCUT2D eigenvalue weighted by Gasteiger charge is -2.37. The van der Waals surface area contributed by atoms with Gasteiger partial charge in [0, 0.05) is 17.1 Å². The maximum Gasteiger partial charge on any atom is 0.261 e. The van der Waals surface area contributed by atoms with E-state index in [2.05, 4.69) is 0 Å². The van der Waals surface area contributed by atoms with Crippen LogP contribution in [0.15, 0.2) is 24.3 Å². The third-order valence-corrected chi connectivity index (χ3v) is 4.39. The van der Waals surface area contributed by atoms with Gasteiger partial charge >= 0.3 is 0 Å². The van der Waals surface area contributed by atoms with Gasteiger partial charge in [0.15, 0.2) is 6.61 Å². The number of hydrogen-bond donors (Lipinski definition) is 1. The number of rotatable bonds is 3. The summed E-state index contributed by atoms with van der Waals surface area (Å²) in [4.78, 5) is 14.2. The molecule has 20 heavy (non-hydrogen) atoms. The number of aliphatic hydroxyl groups is 1. The molecule has 4 nitrogen and oxygen atoms in total. The lowest BCUT2D eigenvalue weighted by Crippen LogP contribution is -2.49. The lowest BCUT2D eigenvalue weighted by atomic mass is 10.00. The van der Waals surface area contributed by atoms with Crippen molar-refractivity contribution in [2.45, 2.75) is 43.9 Å².